The van der Waals surface area contributed by atoms with Crippen LogP contribution >= 0.6 is 45.2 Å². The third kappa shape index (κ3) is 5.93. The van der Waals surface area contributed by atoms with Crippen molar-refractivity contribution in [3.05, 3.63) is 101 Å². The topological polar surface area (TPSA) is 93.8 Å². The molecule has 1 aromatic heterocycles. The van der Waals surface area contributed by atoms with Gasteiger partial charge in [-0.05, 0) is 106 Å². The second kappa shape index (κ2) is 11.9. The van der Waals surface area contributed by atoms with Crippen molar-refractivity contribution in [2.75, 3.05) is 0 Å². The number of carboxylic acids is 1. The first kappa shape index (κ1) is 26.8. The van der Waals surface area contributed by atoms with Gasteiger partial charge in [-0.25, -0.2) is 9.78 Å². The van der Waals surface area contributed by atoms with Gasteiger partial charge in [0.05, 0.1) is 29.8 Å². The van der Waals surface area contributed by atoms with Crippen LogP contribution < -0.4 is 10.3 Å². The Hall–Kier alpha value is -2.80. The summed E-state index contributed by atoms with van der Waals surface area (Å²) in [5.74, 6) is 0.704. The Morgan fingerprint density at radius 3 is 2.53 bits per heavy atom. The molecule has 38 heavy (non-hydrogen) atoms. The molecule has 0 bridgehead atoms. The Balaban J connectivity index is 1.43. The Morgan fingerprint density at radius 2 is 1.79 bits per heavy atom. The molecule has 1 aliphatic rings. The van der Waals surface area contributed by atoms with Crippen LogP contribution in [0.25, 0.3) is 10.9 Å². The van der Waals surface area contributed by atoms with Crippen molar-refractivity contribution in [3.63, 3.8) is 0 Å². The molecule has 7 nitrogen and oxygen atoms in total. The lowest BCUT2D eigenvalue weighted by Gasteiger charge is -2.22. The third-order valence-corrected chi connectivity index (χ3v) is 8.25. The smallest absolute Gasteiger partial charge is 0.335 e. The van der Waals surface area contributed by atoms with Crippen molar-refractivity contribution in [1.82, 2.24) is 9.66 Å². The average Bonchev–Trinajstić information content (AvgIpc) is 2.92. The minimum atomic E-state index is -0.966. The van der Waals surface area contributed by atoms with Crippen LogP contribution in [0.2, 0.25) is 0 Å². The van der Waals surface area contributed by atoms with Crippen molar-refractivity contribution >= 4 is 68.3 Å². The maximum Gasteiger partial charge on any atom is 0.335 e. The summed E-state index contributed by atoms with van der Waals surface area (Å²) in [5.41, 5.74) is 2.41. The van der Waals surface area contributed by atoms with Gasteiger partial charge in [0.2, 0.25) is 0 Å². The van der Waals surface area contributed by atoms with Crippen molar-refractivity contribution < 1.29 is 14.6 Å². The van der Waals surface area contributed by atoms with Gasteiger partial charge in [-0.2, -0.15) is 9.78 Å². The molecule has 194 valence electrons. The van der Waals surface area contributed by atoms with Crippen molar-refractivity contribution in [2.45, 2.75) is 44.6 Å². The lowest BCUT2D eigenvalue weighted by atomic mass is 9.88. The van der Waals surface area contributed by atoms with Gasteiger partial charge in [-0.15, -0.1) is 0 Å². The molecule has 0 saturated heterocycles. The molecule has 0 atom stereocenters. The Labute approximate surface area is 247 Å². The fourth-order valence-electron chi connectivity index (χ4n) is 4.74. The maximum absolute atomic E-state index is 13.4. The Kier molecular flexibility index (Phi) is 8.42. The first-order valence-electron chi connectivity index (χ1n) is 12.4. The molecular formula is C29H25I2N3O4. The van der Waals surface area contributed by atoms with E-state index in [1.165, 1.54) is 11.1 Å². The van der Waals surface area contributed by atoms with Crippen LogP contribution in [0.15, 0.2) is 70.6 Å². The van der Waals surface area contributed by atoms with Crippen molar-refractivity contribution in [2.24, 2.45) is 5.10 Å². The predicted molar refractivity (Wildman–Crippen MR) is 164 cm³/mol. The number of hydrogen-bond donors (Lipinski definition) is 1. The quantitative estimate of drug-likeness (QED) is 0.167. The molecule has 1 N–H and O–H groups in total. The number of aromatic nitrogens is 2. The summed E-state index contributed by atoms with van der Waals surface area (Å²) in [5, 5.41) is 14.4. The van der Waals surface area contributed by atoms with Crippen molar-refractivity contribution in [3.8, 4) is 5.75 Å². The summed E-state index contributed by atoms with van der Waals surface area (Å²) in [6, 6.07) is 18.1. The fraction of sp³-hybridized carbons (Fsp3) is 0.241. The molecule has 0 unspecified atom stereocenters. The van der Waals surface area contributed by atoms with E-state index in [-0.39, 0.29) is 23.6 Å². The van der Waals surface area contributed by atoms with Crippen molar-refractivity contribution in [1.29, 1.82) is 0 Å². The van der Waals surface area contributed by atoms with E-state index in [1.807, 2.05) is 36.4 Å². The van der Waals surface area contributed by atoms with Crippen LogP contribution in [0, 0.1) is 7.14 Å². The molecule has 5 rings (SSSR count). The standard InChI is InChI=1S/C29H25I2N3O4/c30-23-14-19(15-24(31)26(23)38-17-18-7-6-10-21(13-18)29(36)37)16-32-34-27(20-8-2-1-3-9-20)33-25-12-5-4-11-22(25)28(34)35/h4-7,10-16,20H,1-3,8-9,17H2,(H,36,37). The monoisotopic (exact) mass is 733 g/mol. The van der Waals surface area contributed by atoms with Gasteiger partial charge in [0.15, 0.2) is 0 Å². The minimum absolute atomic E-state index is 0.152. The van der Waals surface area contributed by atoms with Gasteiger partial charge in [-0.3, -0.25) is 4.79 Å². The highest BCUT2D eigenvalue weighted by Crippen LogP contribution is 2.32. The number of para-hydroxylation sites is 1. The zero-order valence-corrected chi connectivity index (χ0v) is 24.8. The summed E-state index contributed by atoms with van der Waals surface area (Å²) < 4.78 is 9.32. The fourth-order valence-corrected chi connectivity index (χ4v) is 6.87. The Morgan fingerprint density at radius 1 is 1.05 bits per heavy atom. The highest BCUT2D eigenvalue weighted by Gasteiger charge is 2.22. The minimum Gasteiger partial charge on any atom is -0.487 e. The molecule has 4 aromatic rings. The maximum atomic E-state index is 13.4. The van der Waals surface area contributed by atoms with E-state index in [0.717, 1.165) is 55.5 Å². The van der Waals surface area contributed by atoms with Gasteiger partial charge in [0, 0.05) is 5.92 Å². The van der Waals surface area contributed by atoms with Crippen LogP contribution in [-0.4, -0.2) is 27.0 Å². The first-order valence-corrected chi connectivity index (χ1v) is 14.6. The zero-order chi connectivity index (χ0) is 26.6. The van der Waals surface area contributed by atoms with E-state index >= 15 is 0 Å². The largest absolute Gasteiger partial charge is 0.487 e. The van der Waals surface area contributed by atoms with Gasteiger partial charge in [-0.1, -0.05) is 43.5 Å². The lowest BCUT2D eigenvalue weighted by molar-refractivity contribution is 0.0696. The molecule has 0 spiro atoms. The summed E-state index contributed by atoms with van der Waals surface area (Å²) in [7, 11) is 0. The number of aromatic carboxylic acids is 1. The first-order chi connectivity index (χ1) is 18.4. The normalized spacial score (nSPS) is 14.3. The molecule has 0 amide bonds. The van der Waals surface area contributed by atoms with E-state index in [9.17, 15) is 14.7 Å². The molecule has 1 saturated carbocycles. The molecule has 0 aliphatic heterocycles. The summed E-state index contributed by atoms with van der Waals surface area (Å²) in [4.78, 5) is 29.6. The number of hydrogen-bond acceptors (Lipinski definition) is 5. The SMILES string of the molecule is O=C(O)c1cccc(COc2c(I)cc(C=Nn3c(C4CCCCC4)nc4ccccc4c3=O)cc2I)c1. The van der Waals surface area contributed by atoms with Gasteiger partial charge in [0.25, 0.3) is 5.56 Å². The van der Waals surface area contributed by atoms with Gasteiger partial charge < -0.3 is 9.84 Å². The molecule has 1 fully saturated rings. The highest BCUT2D eigenvalue weighted by atomic mass is 127. The second-order valence-corrected chi connectivity index (χ2v) is 11.6. The number of carboxylic acid groups (broad SMARTS) is 1. The Bertz CT molecular complexity index is 1570. The summed E-state index contributed by atoms with van der Waals surface area (Å²) in [6.07, 6.45) is 7.21. The van der Waals surface area contributed by atoms with Crippen LogP contribution in [0.3, 0.4) is 0 Å². The third-order valence-electron chi connectivity index (χ3n) is 6.65. The number of nitrogens with zero attached hydrogens (tertiary/aromatic N) is 3. The number of carbonyl (C=O) groups is 1. The average molecular weight is 733 g/mol. The number of rotatable bonds is 7. The molecule has 0 radical (unpaired) electrons. The molecule has 3 aromatic carbocycles. The molecular weight excluding hydrogens is 708 g/mol. The van der Waals surface area contributed by atoms with E-state index in [1.54, 1.807) is 30.5 Å². The number of ether oxygens (including phenoxy) is 1. The number of halogens is 2. The highest BCUT2D eigenvalue weighted by molar-refractivity contribution is 14.1. The molecule has 9 heteroatoms. The van der Waals surface area contributed by atoms with E-state index < -0.39 is 5.97 Å². The van der Waals surface area contributed by atoms with Crippen LogP contribution in [0.4, 0.5) is 0 Å². The van der Waals surface area contributed by atoms with E-state index in [2.05, 4.69) is 50.3 Å². The number of benzene rings is 3. The predicted octanol–water partition coefficient (Wildman–Crippen LogP) is 6.81. The zero-order valence-electron chi connectivity index (χ0n) is 20.4. The number of fused-ring (bicyclic) bond motifs is 1. The molecule has 1 aliphatic carbocycles. The van der Waals surface area contributed by atoms with Gasteiger partial charge in [0.1, 0.15) is 18.2 Å². The van der Waals surface area contributed by atoms with Gasteiger partial charge >= 0.3 is 5.97 Å². The summed E-state index contributed by atoms with van der Waals surface area (Å²) >= 11 is 4.44. The van der Waals surface area contributed by atoms with Crippen LogP contribution in [0.5, 0.6) is 5.75 Å². The lowest BCUT2D eigenvalue weighted by Crippen LogP contribution is -2.25. The van der Waals surface area contributed by atoms with E-state index in [4.69, 9.17) is 9.72 Å². The van der Waals surface area contributed by atoms with Crippen LogP contribution in [0.1, 0.15) is 65.3 Å². The second-order valence-electron chi connectivity index (χ2n) is 9.29. The molecule has 1 heterocycles. The summed E-state index contributed by atoms with van der Waals surface area (Å²) in [6.45, 7) is 0.253. The van der Waals surface area contributed by atoms with E-state index in [0.29, 0.717) is 10.9 Å². The van der Waals surface area contributed by atoms with Crippen LogP contribution in [-0.2, 0) is 6.61 Å².